The van der Waals surface area contributed by atoms with E-state index < -0.39 is 0 Å². The third-order valence-electron chi connectivity index (χ3n) is 3.06. The van der Waals surface area contributed by atoms with Gasteiger partial charge in [-0.2, -0.15) is 4.98 Å². The highest BCUT2D eigenvalue weighted by atomic mass is 32.1. The summed E-state index contributed by atoms with van der Waals surface area (Å²) in [7, 11) is 3.08. The molecule has 20 heavy (non-hydrogen) atoms. The number of hydrazine groups is 1. The molecule has 7 heteroatoms. The van der Waals surface area contributed by atoms with Crippen molar-refractivity contribution < 1.29 is 9.47 Å². The fraction of sp³-hybridized carbons (Fsp3) is 0.385. The van der Waals surface area contributed by atoms with E-state index in [9.17, 15) is 0 Å². The van der Waals surface area contributed by atoms with E-state index in [2.05, 4.69) is 35.3 Å². The van der Waals surface area contributed by atoms with E-state index in [0.717, 1.165) is 4.88 Å². The molecule has 2 heterocycles. The Bertz CT molecular complexity index is 581. The Balaban J connectivity index is 2.46. The molecule has 0 aliphatic rings. The van der Waals surface area contributed by atoms with E-state index in [1.54, 1.807) is 24.6 Å². The van der Waals surface area contributed by atoms with Gasteiger partial charge in [0.25, 0.3) is 0 Å². The van der Waals surface area contributed by atoms with Gasteiger partial charge in [0, 0.05) is 9.75 Å². The van der Waals surface area contributed by atoms with Gasteiger partial charge in [-0.3, -0.25) is 5.84 Å². The van der Waals surface area contributed by atoms with Gasteiger partial charge in [-0.05, 0) is 25.5 Å². The summed E-state index contributed by atoms with van der Waals surface area (Å²) in [6.07, 6.45) is 1.55. The average molecular weight is 294 g/mol. The van der Waals surface area contributed by atoms with Crippen molar-refractivity contribution >= 4 is 11.3 Å². The second kappa shape index (κ2) is 6.17. The van der Waals surface area contributed by atoms with E-state index in [0.29, 0.717) is 17.5 Å². The zero-order valence-electron chi connectivity index (χ0n) is 11.9. The maximum Gasteiger partial charge on any atom is 0.240 e. The molecule has 0 amide bonds. The molecule has 1 atom stereocenters. The van der Waals surface area contributed by atoms with E-state index in [4.69, 9.17) is 15.3 Å². The second-order valence-electron chi connectivity index (χ2n) is 4.29. The monoisotopic (exact) mass is 294 g/mol. The second-order valence-corrected chi connectivity index (χ2v) is 5.58. The lowest BCUT2D eigenvalue weighted by atomic mass is 10.1. The molecule has 2 aromatic heterocycles. The minimum Gasteiger partial charge on any atom is -0.480 e. The van der Waals surface area contributed by atoms with Crippen LogP contribution in [-0.4, -0.2) is 24.2 Å². The van der Waals surface area contributed by atoms with E-state index in [-0.39, 0.29) is 6.04 Å². The smallest absolute Gasteiger partial charge is 0.240 e. The van der Waals surface area contributed by atoms with Crippen LogP contribution in [0.2, 0.25) is 0 Å². The summed E-state index contributed by atoms with van der Waals surface area (Å²) in [6.45, 7) is 4.15. The predicted molar refractivity (Wildman–Crippen MR) is 78.1 cm³/mol. The number of nitrogens with two attached hydrogens (primary N) is 1. The highest BCUT2D eigenvalue weighted by Crippen LogP contribution is 2.33. The molecular formula is C13H18N4O2S. The summed E-state index contributed by atoms with van der Waals surface area (Å²) >= 11 is 1.67. The molecule has 0 bridgehead atoms. The molecule has 0 aliphatic carbocycles. The third kappa shape index (κ3) is 2.74. The molecule has 0 spiro atoms. The Hall–Kier alpha value is -1.70. The van der Waals surface area contributed by atoms with Gasteiger partial charge < -0.3 is 9.47 Å². The van der Waals surface area contributed by atoms with E-state index >= 15 is 0 Å². The van der Waals surface area contributed by atoms with Gasteiger partial charge in [0.2, 0.25) is 11.8 Å². The number of methoxy groups -OCH3 is 2. The van der Waals surface area contributed by atoms with Crippen molar-refractivity contribution in [1.82, 2.24) is 15.4 Å². The molecule has 0 saturated carbocycles. The Labute approximate surface area is 121 Å². The lowest BCUT2D eigenvalue weighted by molar-refractivity contribution is 0.353. The van der Waals surface area contributed by atoms with Crippen LogP contribution in [0, 0.1) is 13.8 Å². The number of aryl methyl sites for hydroxylation is 2. The zero-order chi connectivity index (χ0) is 14.7. The number of rotatable bonds is 5. The largest absolute Gasteiger partial charge is 0.480 e. The first kappa shape index (κ1) is 14.7. The third-order valence-corrected chi connectivity index (χ3v) is 4.27. The maximum atomic E-state index is 5.69. The molecule has 6 nitrogen and oxygen atoms in total. The standard InChI is InChI=1S/C13H18N4O2S/c1-7-5-9(20-8(7)2)11(17-14)12-13(19-4)16-10(18-3)6-15-12/h5-6,11,17H,14H2,1-4H3. The highest BCUT2D eigenvalue weighted by molar-refractivity contribution is 7.12. The molecule has 0 fully saturated rings. The number of hydrogen-bond acceptors (Lipinski definition) is 7. The van der Waals surface area contributed by atoms with Crippen LogP contribution in [0.25, 0.3) is 0 Å². The molecule has 3 N–H and O–H groups in total. The number of nitrogens with zero attached hydrogens (tertiary/aromatic N) is 2. The lowest BCUT2D eigenvalue weighted by Crippen LogP contribution is -2.29. The normalized spacial score (nSPS) is 12.2. The Morgan fingerprint density at radius 1 is 1.30 bits per heavy atom. The molecule has 0 saturated heterocycles. The van der Waals surface area contributed by atoms with Crippen LogP contribution in [-0.2, 0) is 0 Å². The van der Waals surface area contributed by atoms with Crippen molar-refractivity contribution in [2.45, 2.75) is 19.9 Å². The van der Waals surface area contributed by atoms with Gasteiger partial charge in [-0.1, -0.05) is 0 Å². The molecule has 1 unspecified atom stereocenters. The van der Waals surface area contributed by atoms with Gasteiger partial charge in [0.1, 0.15) is 11.7 Å². The number of aromatic nitrogens is 2. The van der Waals surface area contributed by atoms with Crippen LogP contribution in [0.1, 0.15) is 27.1 Å². The molecule has 2 aromatic rings. The van der Waals surface area contributed by atoms with Crippen molar-refractivity contribution in [3.63, 3.8) is 0 Å². The van der Waals surface area contributed by atoms with Crippen LogP contribution in [0.5, 0.6) is 11.8 Å². The number of nitrogens with one attached hydrogen (secondary N) is 1. The minimum absolute atomic E-state index is 0.263. The first-order chi connectivity index (χ1) is 9.60. The Morgan fingerprint density at radius 3 is 2.55 bits per heavy atom. The summed E-state index contributed by atoms with van der Waals surface area (Å²) in [6, 6.07) is 1.83. The molecule has 0 radical (unpaired) electrons. The highest BCUT2D eigenvalue weighted by Gasteiger charge is 2.22. The van der Waals surface area contributed by atoms with Crippen LogP contribution < -0.4 is 20.7 Å². The van der Waals surface area contributed by atoms with Crippen molar-refractivity contribution in [2.75, 3.05) is 14.2 Å². The Kier molecular flexibility index (Phi) is 4.53. The summed E-state index contributed by atoms with van der Waals surface area (Å²) in [4.78, 5) is 10.9. The van der Waals surface area contributed by atoms with Crippen LogP contribution in [0.4, 0.5) is 0 Å². The minimum atomic E-state index is -0.263. The maximum absolute atomic E-state index is 5.69. The van der Waals surface area contributed by atoms with Crippen molar-refractivity contribution in [3.05, 3.63) is 33.3 Å². The molecular weight excluding hydrogens is 276 g/mol. The topological polar surface area (TPSA) is 82.3 Å². The first-order valence-electron chi connectivity index (χ1n) is 6.08. The quantitative estimate of drug-likeness (QED) is 0.645. The SMILES string of the molecule is COc1cnc(C(NN)c2cc(C)c(C)s2)c(OC)n1. The summed E-state index contributed by atoms with van der Waals surface area (Å²) in [5.74, 6) is 6.49. The summed E-state index contributed by atoms with van der Waals surface area (Å²) in [5, 5.41) is 0. The van der Waals surface area contributed by atoms with Crippen LogP contribution >= 0.6 is 11.3 Å². The van der Waals surface area contributed by atoms with Gasteiger partial charge >= 0.3 is 0 Å². The van der Waals surface area contributed by atoms with E-state index in [1.165, 1.54) is 17.6 Å². The fourth-order valence-electron chi connectivity index (χ4n) is 1.85. The molecule has 108 valence electrons. The number of hydrogen-bond donors (Lipinski definition) is 2. The molecule has 0 aromatic carbocycles. The van der Waals surface area contributed by atoms with Gasteiger partial charge in [0.05, 0.1) is 20.4 Å². The summed E-state index contributed by atoms with van der Waals surface area (Å²) in [5.41, 5.74) is 4.64. The van der Waals surface area contributed by atoms with Gasteiger partial charge in [0.15, 0.2) is 0 Å². The average Bonchev–Trinajstić information content (AvgIpc) is 2.79. The number of ether oxygens (including phenoxy) is 2. The van der Waals surface area contributed by atoms with Gasteiger partial charge in [-0.15, -0.1) is 11.3 Å². The van der Waals surface area contributed by atoms with Crippen molar-refractivity contribution in [1.29, 1.82) is 0 Å². The van der Waals surface area contributed by atoms with Crippen LogP contribution in [0.15, 0.2) is 12.3 Å². The van der Waals surface area contributed by atoms with Crippen molar-refractivity contribution in [3.8, 4) is 11.8 Å². The fourth-order valence-corrected chi connectivity index (χ4v) is 2.96. The Morgan fingerprint density at radius 2 is 2.05 bits per heavy atom. The lowest BCUT2D eigenvalue weighted by Gasteiger charge is -2.16. The first-order valence-corrected chi connectivity index (χ1v) is 6.90. The molecule has 0 aliphatic heterocycles. The zero-order valence-corrected chi connectivity index (χ0v) is 12.7. The molecule has 2 rings (SSSR count). The van der Waals surface area contributed by atoms with E-state index in [1.807, 2.05) is 0 Å². The van der Waals surface area contributed by atoms with Gasteiger partial charge in [-0.25, -0.2) is 10.4 Å². The predicted octanol–water partition coefficient (Wildman–Crippen LogP) is 1.72. The van der Waals surface area contributed by atoms with Crippen LogP contribution in [0.3, 0.4) is 0 Å². The summed E-state index contributed by atoms with van der Waals surface area (Å²) < 4.78 is 10.3. The van der Waals surface area contributed by atoms with Crippen molar-refractivity contribution in [2.24, 2.45) is 5.84 Å². The number of thiophene rings is 1.